The van der Waals surface area contributed by atoms with Crippen LogP contribution < -0.4 is 5.73 Å². The molecule has 20 heavy (non-hydrogen) atoms. The number of nitrogens with two attached hydrogens (primary N) is 1. The van der Waals surface area contributed by atoms with E-state index < -0.39 is 0 Å². The number of rotatable bonds is 4. The molecule has 0 aliphatic carbocycles. The first kappa shape index (κ1) is 14.9. The fraction of sp³-hybridized carbons (Fsp3) is 0.133. The van der Waals surface area contributed by atoms with E-state index in [-0.39, 0.29) is 5.82 Å². The average Bonchev–Trinajstić information content (AvgIpc) is 2.46. The Balaban J connectivity index is 1.93. The molecular weight excluding hydrogens is 295 g/mol. The van der Waals surface area contributed by atoms with Crippen LogP contribution in [0.2, 0.25) is 5.02 Å². The predicted molar refractivity (Wildman–Crippen MR) is 84.5 cm³/mol. The van der Waals surface area contributed by atoms with Crippen LogP contribution in [-0.4, -0.2) is 5.17 Å². The Kier molecular flexibility index (Phi) is 5.44. The van der Waals surface area contributed by atoms with Crippen molar-refractivity contribution in [2.24, 2.45) is 10.7 Å². The standard InChI is InChI=1S/C15H14ClFN2S/c16-13-7-4-8-14(17)12(13)10-20-15(18)19-9-11-5-2-1-3-6-11/h1-8H,9-10H2,(H2,18,19). The molecule has 0 unspecified atom stereocenters. The summed E-state index contributed by atoms with van der Waals surface area (Å²) in [4.78, 5) is 4.26. The Hall–Kier alpha value is -1.52. The van der Waals surface area contributed by atoms with Crippen LogP contribution >= 0.6 is 23.4 Å². The van der Waals surface area contributed by atoms with Gasteiger partial charge in [0, 0.05) is 16.3 Å². The van der Waals surface area contributed by atoms with Gasteiger partial charge in [0.2, 0.25) is 0 Å². The first-order chi connectivity index (χ1) is 9.66. The number of halogens is 2. The lowest BCUT2D eigenvalue weighted by molar-refractivity contribution is 0.617. The Labute approximate surface area is 126 Å². The molecule has 0 aliphatic rings. The van der Waals surface area contributed by atoms with E-state index in [2.05, 4.69) is 4.99 Å². The molecule has 0 saturated carbocycles. The minimum Gasteiger partial charge on any atom is -0.379 e. The van der Waals surface area contributed by atoms with Gasteiger partial charge in [-0.05, 0) is 17.7 Å². The minimum absolute atomic E-state index is 0.319. The van der Waals surface area contributed by atoms with Crippen molar-refractivity contribution in [2.45, 2.75) is 12.3 Å². The lowest BCUT2D eigenvalue weighted by Gasteiger charge is -2.05. The quantitative estimate of drug-likeness (QED) is 0.678. The molecule has 0 heterocycles. The molecular formula is C15H14ClFN2S. The highest BCUT2D eigenvalue weighted by molar-refractivity contribution is 8.13. The summed E-state index contributed by atoms with van der Waals surface area (Å²) in [5.41, 5.74) is 7.36. The van der Waals surface area contributed by atoms with Crippen LogP contribution in [0.25, 0.3) is 0 Å². The highest BCUT2D eigenvalue weighted by Crippen LogP contribution is 2.23. The average molecular weight is 309 g/mol. The monoisotopic (exact) mass is 308 g/mol. The van der Waals surface area contributed by atoms with Gasteiger partial charge in [0.15, 0.2) is 5.17 Å². The second-order valence-electron chi connectivity index (χ2n) is 4.13. The van der Waals surface area contributed by atoms with Gasteiger partial charge < -0.3 is 5.73 Å². The van der Waals surface area contributed by atoms with Gasteiger partial charge in [0.1, 0.15) is 5.82 Å². The van der Waals surface area contributed by atoms with E-state index in [1.807, 2.05) is 30.3 Å². The fourth-order valence-corrected chi connectivity index (χ4v) is 2.67. The van der Waals surface area contributed by atoms with Crippen molar-refractivity contribution >= 4 is 28.5 Å². The zero-order valence-electron chi connectivity index (χ0n) is 10.7. The molecule has 0 bridgehead atoms. The SMILES string of the molecule is NC(=NCc1ccccc1)SCc1c(F)cccc1Cl. The largest absolute Gasteiger partial charge is 0.379 e. The van der Waals surface area contributed by atoms with Gasteiger partial charge in [-0.25, -0.2) is 4.39 Å². The van der Waals surface area contributed by atoms with Crippen molar-refractivity contribution in [3.05, 3.63) is 70.5 Å². The third-order valence-corrected chi connectivity index (χ3v) is 3.90. The summed E-state index contributed by atoms with van der Waals surface area (Å²) in [6.45, 7) is 0.519. The number of hydrogen-bond donors (Lipinski definition) is 1. The van der Waals surface area contributed by atoms with E-state index >= 15 is 0 Å². The summed E-state index contributed by atoms with van der Waals surface area (Å²) >= 11 is 7.23. The number of thioether (sulfide) groups is 1. The van der Waals surface area contributed by atoms with Gasteiger partial charge in [0.05, 0.1) is 6.54 Å². The number of aliphatic imine (C=N–C) groups is 1. The van der Waals surface area contributed by atoms with Crippen molar-refractivity contribution < 1.29 is 4.39 Å². The zero-order chi connectivity index (χ0) is 14.4. The summed E-state index contributed by atoms with van der Waals surface area (Å²) in [5.74, 6) is 0.0520. The molecule has 0 fully saturated rings. The number of benzene rings is 2. The van der Waals surface area contributed by atoms with E-state index in [0.717, 1.165) is 5.56 Å². The van der Waals surface area contributed by atoms with Crippen molar-refractivity contribution in [3.8, 4) is 0 Å². The van der Waals surface area contributed by atoms with Crippen molar-refractivity contribution in [1.29, 1.82) is 0 Å². The Morgan fingerprint density at radius 3 is 2.60 bits per heavy atom. The molecule has 2 aromatic rings. The second kappa shape index (κ2) is 7.31. The van der Waals surface area contributed by atoms with Crippen LogP contribution in [0.1, 0.15) is 11.1 Å². The lowest BCUT2D eigenvalue weighted by atomic mass is 10.2. The topological polar surface area (TPSA) is 38.4 Å². The Morgan fingerprint density at radius 2 is 1.90 bits per heavy atom. The third-order valence-electron chi connectivity index (χ3n) is 2.69. The highest BCUT2D eigenvalue weighted by Gasteiger charge is 2.07. The maximum absolute atomic E-state index is 13.6. The van der Waals surface area contributed by atoms with Gasteiger partial charge in [-0.2, -0.15) is 0 Å². The molecule has 2 rings (SSSR count). The first-order valence-corrected chi connectivity index (χ1v) is 7.42. The molecule has 0 radical (unpaired) electrons. The van der Waals surface area contributed by atoms with Crippen LogP contribution in [0.15, 0.2) is 53.5 Å². The second-order valence-corrected chi connectivity index (χ2v) is 5.53. The normalized spacial score (nSPS) is 11.6. The van der Waals surface area contributed by atoms with E-state index in [1.54, 1.807) is 12.1 Å². The summed E-state index contributed by atoms with van der Waals surface area (Å²) in [6, 6.07) is 14.5. The van der Waals surface area contributed by atoms with Gasteiger partial charge in [0.25, 0.3) is 0 Å². The molecule has 104 valence electrons. The number of nitrogens with zero attached hydrogens (tertiary/aromatic N) is 1. The molecule has 0 saturated heterocycles. The first-order valence-electron chi connectivity index (χ1n) is 6.06. The fourth-order valence-electron chi connectivity index (χ4n) is 1.61. The van der Waals surface area contributed by atoms with Crippen LogP contribution in [0.4, 0.5) is 4.39 Å². The molecule has 0 aromatic heterocycles. The summed E-state index contributed by atoms with van der Waals surface area (Å²) in [5, 5.41) is 0.835. The zero-order valence-corrected chi connectivity index (χ0v) is 12.3. The number of hydrogen-bond acceptors (Lipinski definition) is 2. The molecule has 2 nitrogen and oxygen atoms in total. The van der Waals surface area contributed by atoms with Gasteiger partial charge in [-0.15, -0.1) is 0 Å². The van der Waals surface area contributed by atoms with Crippen LogP contribution in [0.3, 0.4) is 0 Å². The maximum Gasteiger partial charge on any atom is 0.154 e. The number of amidine groups is 1. The van der Waals surface area contributed by atoms with E-state index in [0.29, 0.717) is 28.1 Å². The van der Waals surface area contributed by atoms with Crippen LogP contribution in [0, 0.1) is 5.82 Å². The summed E-state index contributed by atoms with van der Waals surface area (Å²) in [6.07, 6.45) is 0. The molecule has 0 spiro atoms. The Bertz CT molecular complexity index is 582. The van der Waals surface area contributed by atoms with Crippen molar-refractivity contribution in [3.63, 3.8) is 0 Å². The highest BCUT2D eigenvalue weighted by atomic mass is 35.5. The smallest absolute Gasteiger partial charge is 0.154 e. The minimum atomic E-state index is -0.319. The molecule has 2 aromatic carbocycles. The van der Waals surface area contributed by atoms with Crippen molar-refractivity contribution in [2.75, 3.05) is 0 Å². The van der Waals surface area contributed by atoms with Crippen LogP contribution in [-0.2, 0) is 12.3 Å². The van der Waals surface area contributed by atoms with E-state index in [1.165, 1.54) is 17.8 Å². The van der Waals surface area contributed by atoms with Crippen molar-refractivity contribution in [1.82, 2.24) is 0 Å². The molecule has 0 atom stereocenters. The summed E-state index contributed by atoms with van der Waals surface area (Å²) in [7, 11) is 0. The molecule has 0 aliphatic heterocycles. The van der Waals surface area contributed by atoms with Gasteiger partial charge in [-0.1, -0.05) is 59.8 Å². The summed E-state index contributed by atoms with van der Waals surface area (Å²) < 4.78 is 13.6. The molecule has 2 N–H and O–H groups in total. The Morgan fingerprint density at radius 1 is 1.15 bits per heavy atom. The molecule has 5 heteroatoms. The van der Waals surface area contributed by atoms with Gasteiger partial charge in [-0.3, -0.25) is 4.99 Å². The predicted octanol–water partition coefficient (Wildman–Crippen LogP) is 4.23. The lowest BCUT2D eigenvalue weighted by Crippen LogP contribution is -2.08. The third kappa shape index (κ3) is 4.25. The molecule has 0 amide bonds. The van der Waals surface area contributed by atoms with Gasteiger partial charge >= 0.3 is 0 Å². The van der Waals surface area contributed by atoms with Crippen LogP contribution in [0.5, 0.6) is 0 Å². The van der Waals surface area contributed by atoms with E-state index in [4.69, 9.17) is 17.3 Å². The maximum atomic E-state index is 13.6. The van der Waals surface area contributed by atoms with E-state index in [9.17, 15) is 4.39 Å².